The van der Waals surface area contributed by atoms with E-state index in [2.05, 4.69) is 0 Å². The van der Waals surface area contributed by atoms with Crippen LogP contribution >= 0.6 is 23.2 Å². The van der Waals surface area contributed by atoms with E-state index in [-0.39, 0.29) is 0 Å². The molecule has 0 fully saturated rings. The topological polar surface area (TPSA) is 20.2 Å². The fraction of sp³-hybridized carbons (Fsp3) is 0.200. The Bertz CT molecular complexity index is 539. The highest BCUT2D eigenvalue weighted by atomic mass is 35.5. The molecule has 1 unspecified atom stereocenters. The van der Waals surface area contributed by atoms with Crippen LogP contribution in [0.3, 0.4) is 0 Å². The van der Waals surface area contributed by atoms with Crippen LogP contribution in [0, 0.1) is 0 Å². The molecule has 94 valence electrons. The van der Waals surface area contributed by atoms with Gasteiger partial charge in [0.15, 0.2) is 0 Å². The van der Waals surface area contributed by atoms with Crippen molar-refractivity contribution in [2.75, 3.05) is 0 Å². The van der Waals surface area contributed by atoms with Crippen LogP contribution in [0.4, 0.5) is 0 Å². The van der Waals surface area contributed by atoms with Crippen LogP contribution in [0.1, 0.15) is 24.5 Å². The van der Waals surface area contributed by atoms with Gasteiger partial charge in [-0.05, 0) is 18.1 Å². The lowest BCUT2D eigenvalue weighted by Crippen LogP contribution is -2.26. The minimum atomic E-state index is -1.11. The first-order valence-corrected chi connectivity index (χ1v) is 6.57. The minimum Gasteiger partial charge on any atom is -0.380 e. The highest BCUT2D eigenvalue weighted by Gasteiger charge is 2.31. The first kappa shape index (κ1) is 13.4. The second-order valence-electron chi connectivity index (χ2n) is 4.18. The molecule has 1 N–H and O–H groups in total. The summed E-state index contributed by atoms with van der Waals surface area (Å²) in [6.07, 6.45) is 0.525. The highest BCUT2D eigenvalue weighted by molar-refractivity contribution is 6.42. The second kappa shape index (κ2) is 5.31. The van der Waals surface area contributed by atoms with E-state index in [0.717, 1.165) is 5.56 Å². The SMILES string of the molecule is CCC(O)(c1ccccc1)c1cccc(Cl)c1Cl. The molecular weight excluding hydrogens is 267 g/mol. The van der Waals surface area contributed by atoms with Crippen LogP contribution in [-0.4, -0.2) is 5.11 Å². The van der Waals surface area contributed by atoms with Gasteiger partial charge in [-0.3, -0.25) is 0 Å². The number of benzene rings is 2. The summed E-state index contributed by atoms with van der Waals surface area (Å²) in [6, 6.07) is 14.8. The summed E-state index contributed by atoms with van der Waals surface area (Å²) in [5.41, 5.74) is 0.352. The lowest BCUT2D eigenvalue weighted by molar-refractivity contribution is 0.0766. The van der Waals surface area contributed by atoms with Gasteiger partial charge in [0.25, 0.3) is 0 Å². The summed E-state index contributed by atoms with van der Waals surface area (Å²) in [4.78, 5) is 0. The van der Waals surface area contributed by atoms with E-state index in [1.165, 1.54) is 0 Å². The van der Waals surface area contributed by atoms with Crippen LogP contribution in [0.25, 0.3) is 0 Å². The first-order valence-electron chi connectivity index (χ1n) is 5.82. The maximum atomic E-state index is 10.9. The molecule has 2 aromatic carbocycles. The maximum absolute atomic E-state index is 10.9. The van der Waals surface area contributed by atoms with Crippen molar-refractivity contribution in [1.82, 2.24) is 0 Å². The van der Waals surface area contributed by atoms with Gasteiger partial charge in [0.05, 0.1) is 10.0 Å². The van der Waals surface area contributed by atoms with Gasteiger partial charge in [0.2, 0.25) is 0 Å². The monoisotopic (exact) mass is 280 g/mol. The Labute approximate surface area is 117 Å². The predicted molar refractivity (Wildman–Crippen MR) is 76.2 cm³/mol. The molecule has 2 rings (SSSR count). The van der Waals surface area contributed by atoms with Crippen LogP contribution in [-0.2, 0) is 5.60 Å². The third kappa shape index (κ3) is 2.26. The van der Waals surface area contributed by atoms with Gasteiger partial charge in [-0.1, -0.05) is 72.6 Å². The van der Waals surface area contributed by atoms with Crippen molar-refractivity contribution in [1.29, 1.82) is 0 Å². The Morgan fingerprint density at radius 1 is 1.00 bits per heavy atom. The van der Waals surface area contributed by atoms with Crippen LogP contribution in [0.5, 0.6) is 0 Å². The van der Waals surface area contributed by atoms with E-state index in [0.29, 0.717) is 22.0 Å². The molecule has 1 atom stereocenters. The first-order chi connectivity index (χ1) is 8.59. The molecule has 0 aliphatic rings. The van der Waals surface area contributed by atoms with Crippen molar-refractivity contribution in [2.45, 2.75) is 18.9 Å². The molecule has 18 heavy (non-hydrogen) atoms. The molecule has 0 bridgehead atoms. The van der Waals surface area contributed by atoms with Gasteiger partial charge < -0.3 is 5.11 Å². The smallest absolute Gasteiger partial charge is 0.116 e. The molecule has 0 aromatic heterocycles. The van der Waals surface area contributed by atoms with Crippen molar-refractivity contribution >= 4 is 23.2 Å². The summed E-state index contributed by atoms with van der Waals surface area (Å²) in [7, 11) is 0. The zero-order valence-electron chi connectivity index (χ0n) is 10.0. The molecule has 0 radical (unpaired) electrons. The lowest BCUT2D eigenvalue weighted by atomic mass is 9.84. The quantitative estimate of drug-likeness (QED) is 0.869. The van der Waals surface area contributed by atoms with Crippen molar-refractivity contribution in [3.8, 4) is 0 Å². The lowest BCUT2D eigenvalue weighted by Gasteiger charge is -2.29. The Hall–Kier alpha value is -1.02. The second-order valence-corrected chi connectivity index (χ2v) is 4.97. The fourth-order valence-electron chi connectivity index (χ4n) is 2.09. The van der Waals surface area contributed by atoms with Crippen molar-refractivity contribution in [3.63, 3.8) is 0 Å². The van der Waals surface area contributed by atoms with Crippen molar-refractivity contribution in [2.24, 2.45) is 0 Å². The highest BCUT2D eigenvalue weighted by Crippen LogP contribution is 2.39. The van der Waals surface area contributed by atoms with Crippen LogP contribution in [0.15, 0.2) is 48.5 Å². The Morgan fingerprint density at radius 2 is 1.67 bits per heavy atom. The van der Waals surface area contributed by atoms with E-state index < -0.39 is 5.60 Å². The van der Waals surface area contributed by atoms with Gasteiger partial charge in [-0.2, -0.15) is 0 Å². The zero-order valence-corrected chi connectivity index (χ0v) is 11.5. The molecular formula is C15H14Cl2O. The third-order valence-electron chi connectivity index (χ3n) is 3.16. The molecule has 2 aromatic rings. The van der Waals surface area contributed by atoms with Crippen LogP contribution in [0.2, 0.25) is 10.0 Å². The predicted octanol–water partition coefficient (Wildman–Crippen LogP) is 4.64. The van der Waals surface area contributed by atoms with E-state index in [1.54, 1.807) is 12.1 Å². The van der Waals surface area contributed by atoms with Crippen LogP contribution < -0.4 is 0 Å². The molecule has 0 saturated heterocycles. The summed E-state index contributed by atoms with van der Waals surface area (Å²) in [5.74, 6) is 0. The summed E-state index contributed by atoms with van der Waals surface area (Å²) in [5, 5.41) is 11.8. The van der Waals surface area contributed by atoms with E-state index in [1.807, 2.05) is 43.3 Å². The average molecular weight is 281 g/mol. The number of rotatable bonds is 3. The molecule has 0 saturated carbocycles. The molecule has 0 amide bonds. The van der Waals surface area contributed by atoms with Gasteiger partial charge in [0.1, 0.15) is 5.60 Å². The summed E-state index contributed by atoms with van der Waals surface area (Å²) < 4.78 is 0. The number of hydrogen-bond donors (Lipinski definition) is 1. The number of hydrogen-bond acceptors (Lipinski definition) is 1. The molecule has 0 heterocycles. The van der Waals surface area contributed by atoms with Gasteiger partial charge in [-0.15, -0.1) is 0 Å². The molecule has 0 aliphatic carbocycles. The van der Waals surface area contributed by atoms with Gasteiger partial charge in [-0.25, -0.2) is 0 Å². The zero-order chi connectivity index (χ0) is 13.2. The Kier molecular flexibility index (Phi) is 3.96. The molecule has 0 spiro atoms. The normalized spacial score (nSPS) is 14.2. The summed E-state index contributed by atoms with van der Waals surface area (Å²) >= 11 is 12.2. The minimum absolute atomic E-state index is 0.410. The number of halogens is 2. The van der Waals surface area contributed by atoms with Crippen molar-refractivity contribution < 1.29 is 5.11 Å². The van der Waals surface area contributed by atoms with E-state index in [4.69, 9.17) is 23.2 Å². The standard InChI is InChI=1S/C15H14Cl2O/c1-2-15(18,11-7-4-3-5-8-11)12-9-6-10-13(16)14(12)17/h3-10,18H,2H2,1H3. The van der Waals surface area contributed by atoms with Crippen molar-refractivity contribution in [3.05, 3.63) is 69.7 Å². The Balaban J connectivity index is 2.61. The third-order valence-corrected chi connectivity index (χ3v) is 3.98. The summed E-state index contributed by atoms with van der Waals surface area (Å²) in [6.45, 7) is 1.92. The van der Waals surface area contributed by atoms with Gasteiger partial charge in [0, 0.05) is 5.56 Å². The Morgan fingerprint density at radius 3 is 2.28 bits per heavy atom. The fourth-order valence-corrected chi connectivity index (χ4v) is 2.54. The average Bonchev–Trinajstić information content (AvgIpc) is 2.42. The maximum Gasteiger partial charge on any atom is 0.116 e. The van der Waals surface area contributed by atoms with E-state index >= 15 is 0 Å². The number of aliphatic hydroxyl groups is 1. The van der Waals surface area contributed by atoms with Gasteiger partial charge >= 0.3 is 0 Å². The largest absolute Gasteiger partial charge is 0.380 e. The molecule has 1 nitrogen and oxygen atoms in total. The molecule has 0 aliphatic heterocycles. The molecule has 3 heteroatoms. The van der Waals surface area contributed by atoms with E-state index in [9.17, 15) is 5.11 Å².